The van der Waals surface area contributed by atoms with Gasteiger partial charge in [0.1, 0.15) is 5.82 Å². The minimum atomic E-state index is -0.431. The zero-order valence-corrected chi connectivity index (χ0v) is 13.8. The minimum absolute atomic E-state index is 0.100. The SMILES string of the molecule is CCCNC(c1ccc(F)c(Cl)c1)c1cc(Cl)sc1Cl. The van der Waals surface area contributed by atoms with E-state index in [4.69, 9.17) is 34.8 Å². The smallest absolute Gasteiger partial charge is 0.141 e. The molecule has 0 aliphatic rings. The van der Waals surface area contributed by atoms with Crippen molar-refractivity contribution in [3.63, 3.8) is 0 Å². The summed E-state index contributed by atoms with van der Waals surface area (Å²) < 4.78 is 14.6. The molecule has 0 spiro atoms. The predicted octanol–water partition coefficient (Wildman–Crippen LogP) is 5.94. The molecule has 1 atom stereocenters. The molecule has 0 bridgehead atoms. The van der Waals surface area contributed by atoms with Crippen LogP contribution in [-0.4, -0.2) is 6.54 Å². The molecular weight excluding hydrogens is 340 g/mol. The van der Waals surface area contributed by atoms with Gasteiger partial charge in [-0.2, -0.15) is 0 Å². The quantitative estimate of drug-likeness (QED) is 0.702. The van der Waals surface area contributed by atoms with Crippen molar-refractivity contribution in [3.05, 3.63) is 54.9 Å². The van der Waals surface area contributed by atoms with Crippen LogP contribution in [0.15, 0.2) is 24.3 Å². The highest BCUT2D eigenvalue weighted by Gasteiger charge is 2.20. The van der Waals surface area contributed by atoms with Crippen LogP contribution in [0.2, 0.25) is 13.7 Å². The molecule has 0 fully saturated rings. The summed E-state index contributed by atoms with van der Waals surface area (Å²) >= 11 is 19.4. The topological polar surface area (TPSA) is 12.0 Å². The van der Waals surface area contributed by atoms with Gasteiger partial charge in [0.25, 0.3) is 0 Å². The highest BCUT2D eigenvalue weighted by atomic mass is 35.5. The molecule has 0 aliphatic carbocycles. The van der Waals surface area contributed by atoms with Crippen LogP contribution in [-0.2, 0) is 0 Å². The Morgan fingerprint density at radius 1 is 1.25 bits per heavy atom. The monoisotopic (exact) mass is 351 g/mol. The van der Waals surface area contributed by atoms with E-state index in [2.05, 4.69) is 12.2 Å². The molecule has 1 nitrogen and oxygen atoms in total. The first-order valence-electron chi connectivity index (χ1n) is 6.16. The number of halogens is 4. The van der Waals surface area contributed by atoms with E-state index < -0.39 is 5.82 Å². The fourth-order valence-electron chi connectivity index (χ4n) is 1.94. The predicted molar refractivity (Wildman–Crippen MR) is 85.9 cm³/mol. The maximum Gasteiger partial charge on any atom is 0.141 e. The van der Waals surface area contributed by atoms with E-state index in [1.165, 1.54) is 17.4 Å². The third-order valence-electron chi connectivity index (χ3n) is 2.87. The molecule has 2 rings (SSSR count). The molecule has 108 valence electrons. The summed E-state index contributed by atoms with van der Waals surface area (Å²) in [5, 5.41) is 3.49. The Morgan fingerprint density at radius 3 is 2.55 bits per heavy atom. The lowest BCUT2D eigenvalue weighted by Crippen LogP contribution is -2.23. The van der Waals surface area contributed by atoms with Crippen molar-refractivity contribution in [1.29, 1.82) is 0 Å². The highest BCUT2D eigenvalue weighted by Crippen LogP contribution is 2.38. The Labute approximate surface area is 136 Å². The van der Waals surface area contributed by atoms with Crippen molar-refractivity contribution in [2.75, 3.05) is 6.54 Å². The molecule has 0 saturated heterocycles. The minimum Gasteiger partial charge on any atom is -0.306 e. The zero-order chi connectivity index (χ0) is 14.7. The number of thiophene rings is 1. The maximum atomic E-state index is 13.3. The van der Waals surface area contributed by atoms with Crippen molar-refractivity contribution in [2.24, 2.45) is 0 Å². The Morgan fingerprint density at radius 2 is 2.00 bits per heavy atom. The van der Waals surface area contributed by atoms with E-state index in [0.717, 1.165) is 24.1 Å². The molecule has 2 aromatic rings. The molecule has 20 heavy (non-hydrogen) atoms. The molecule has 1 N–H and O–H groups in total. The first kappa shape index (κ1) is 16.1. The summed E-state index contributed by atoms with van der Waals surface area (Å²) in [6.45, 7) is 2.88. The van der Waals surface area contributed by atoms with Crippen molar-refractivity contribution < 1.29 is 4.39 Å². The zero-order valence-electron chi connectivity index (χ0n) is 10.7. The van der Waals surface area contributed by atoms with Crippen molar-refractivity contribution in [2.45, 2.75) is 19.4 Å². The van der Waals surface area contributed by atoms with E-state index in [1.54, 1.807) is 12.1 Å². The van der Waals surface area contributed by atoms with Gasteiger partial charge < -0.3 is 5.32 Å². The average Bonchev–Trinajstić information content (AvgIpc) is 2.73. The number of benzene rings is 1. The van der Waals surface area contributed by atoms with Crippen molar-refractivity contribution in [3.8, 4) is 0 Å². The maximum absolute atomic E-state index is 13.3. The van der Waals surface area contributed by atoms with Gasteiger partial charge in [-0.05, 0) is 36.7 Å². The molecule has 1 aromatic heterocycles. The molecule has 1 unspecified atom stereocenters. The van der Waals surface area contributed by atoms with Gasteiger partial charge >= 0.3 is 0 Å². The van der Waals surface area contributed by atoms with E-state index in [-0.39, 0.29) is 11.1 Å². The van der Waals surface area contributed by atoms with E-state index in [9.17, 15) is 4.39 Å². The summed E-state index contributed by atoms with van der Waals surface area (Å²) in [6, 6.07) is 6.37. The lowest BCUT2D eigenvalue weighted by atomic mass is 10.0. The standard InChI is InChI=1S/C14H13Cl3FNS/c1-2-5-19-13(9-7-12(16)20-14(9)17)8-3-4-11(18)10(15)6-8/h3-4,6-7,13,19H,2,5H2,1H3. The van der Waals surface area contributed by atoms with Crippen LogP contribution < -0.4 is 5.32 Å². The molecular formula is C14H13Cl3FNS. The van der Waals surface area contributed by atoms with Gasteiger partial charge in [-0.15, -0.1) is 11.3 Å². The third kappa shape index (κ3) is 3.66. The van der Waals surface area contributed by atoms with Crippen LogP contribution in [0, 0.1) is 5.82 Å². The van der Waals surface area contributed by atoms with Crippen LogP contribution in [0.3, 0.4) is 0 Å². The highest BCUT2D eigenvalue weighted by molar-refractivity contribution is 7.20. The second-order valence-electron chi connectivity index (χ2n) is 4.34. The van der Waals surface area contributed by atoms with Gasteiger partial charge in [0, 0.05) is 5.56 Å². The van der Waals surface area contributed by atoms with Crippen molar-refractivity contribution in [1.82, 2.24) is 5.32 Å². The van der Waals surface area contributed by atoms with E-state index >= 15 is 0 Å². The molecule has 6 heteroatoms. The Balaban J connectivity index is 2.41. The second kappa shape index (κ2) is 7.10. The number of rotatable bonds is 5. The largest absolute Gasteiger partial charge is 0.306 e. The molecule has 0 saturated carbocycles. The average molecular weight is 353 g/mol. The third-order valence-corrected chi connectivity index (χ3v) is 4.68. The Bertz CT molecular complexity index is 600. The van der Waals surface area contributed by atoms with Crippen LogP contribution in [0.5, 0.6) is 0 Å². The van der Waals surface area contributed by atoms with Gasteiger partial charge in [0.05, 0.1) is 19.7 Å². The van der Waals surface area contributed by atoms with Gasteiger partial charge in [-0.3, -0.25) is 0 Å². The summed E-state index contributed by atoms with van der Waals surface area (Å²) in [6.07, 6.45) is 0.973. The van der Waals surface area contributed by atoms with E-state index in [0.29, 0.717) is 8.67 Å². The number of hydrogen-bond acceptors (Lipinski definition) is 2. The van der Waals surface area contributed by atoms with Crippen LogP contribution in [0.4, 0.5) is 4.39 Å². The normalized spacial score (nSPS) is 12.7. The molecule has 0 aliphatic heterocycles. The van der Waals surface area contributed by atoms with Crippen molar-refractivity contribution >= 4 is 46.1 Å². The van der Waals surface area contributed by atoms with Gasteiger partial charge in [-0.25, -0.2) is 4.39 Å². The number of nitrogens with one attached hydrogen (secondary N) is 1. The lowest BCUT2D eigenvalue weighted by molar-refractivity contribution is 0.594. The van der Waals surface area contributed by atoms with Gasteiger partial charge in [-0.1, -0.05) is 47.8 Å². The summed E-state index contributed by atoms with van der Waals surface area (Å²) in [4.78, 5) is 0. The number of hydrogen-bond donors (Lipinski definition) is 1. The van der Waals surface area contributed by atoms with Crippen LogP contribution in [0.1, 0.15) is 30.5 Å². The second-order valence-corrected chi connectivity index (χ2v) is 7.03. The summed E-state index contributed by atoms with van der Waals surface area (Å²) in [5.74, 6) is -0.431. The first-order chi connectivity index (χ1) is 9.52. The summed E-state index contributed by atoms with van der Waals surface area (Å²) in [7, 11) is 0. The Kier molecular flexibility index (Phi) is 5.70. The molecule has 0 amide bonds. The molecule has 1 heterocycles. The summed E-state index contributed by atoms with van der Waals surface area (Å²) in [5.41, 5.74) is 1.75. The van der Waals surface area contributed by atoms with Crippen LogP contribution >= 0.6 is 46.1 Å². The fourth-order valence-corrected chi connectivity index (χ4v) is 3.66. The fraction of sp³-hybridized carbons (Fsp3) is 0.286. The van der Waals surface area contributed by atoms with Gasteiger partial charge in [0.2, 0.25) is 0 Å². The molecule has 0 radical (unpaired) electrons. The van der Waals surface area contributed by atoms with Gasteiger partial charge in [0.15, 0.2) is 0 Å². The van der Waals surface area contributed by atoms with E-state index in [1.807, 2.05) is 6.07 Å². The Hall–Kier alpha value is -0.320. The first-order valence-corrected chi connectivity index (χ1v) is 8.11. The lowest BCUT2D eigenvalue weighted by Gasteiger charge is -2.19. The van der Waals surface area contributed by atoms with Crippen LogP contribution in [0.25, 0.3) is 0 Å². The molecule has 1 aromatic carbocycles.